The second-order valence-corrected chi connectivity index (χ2v) is 4.92. The maximum Gasteiger partial charge on any atom is 0.342 e. The highest BCUT2D eigenvalue weighted by Crippen LogP contribution is 2.27. The Labute approximate surface area is 142 Å². The van der Waals surface area contributed by atoms with Crippen molar-refractivity contribution in [3.63, 3.8) is 0 Å². The van der Waals surface area contributed by atoms with Gasteiger partial charge in [-0.1, -0.05) is 6.07 Å². The van der Waals surface area contributed by atoms with E-state index < -0.39 is 17.8 Å². The Morgan fingerprint density at radius 2 is 2.00 bits per heavy atom. The Hall–Kier alpha value is -3.60. The minimum absolute atomic E-state index is 0.0473. The number of rotatable bonds is 4. The lowest BCUT2D eigenvalue weighted by Crippen LogP contribution is -2.13. The summed E-state index contributed by atoms with van der Waals surface area (Å²) >= 11 is 0. The van der Waals surface area contributed by atoms with Crippen LogP contribution in [0.2, 0.25) is 0 Å². The van der Waals surface area contributed by atoms with Crippen LogP contribution in [-0.4, -0.2) is 25.0 Å². The lowest BCUT2D eigenvalue weighted by Gasteiger charge is -2.05. The molecular formula is C17H14N2O6. The molecule has 0 aliphatic carbocycles. The van der Waals surface area contributed by atoms with Crippen LogP contribution in [0.3, 0.4) is 0 Å². The Morgan fingerprint density at radius 1 is 1.28 bits per heavy atom. The largest absolute Gasteiger partial charge is 0.465 e. The average Bonchev–Trinajstić information content (AvgIpc) is 2.88. The minimum Gasteiger partial charge on any atom is -0.465 e. The monoisotopic (exact) mass is 342 g/mol. The van der Waals surface area contributed by atoms with Crippen molar-refractivity contribution in [1.29, 1.82) is 5.26 Å². The Morgan fingerprint density at radius 3 is 2.60 bits per heavy atom. The molecule has 0 spiro atoms. The van der Waals surface area contributed by atoms with Gasteiger partial charge in [-0.05, 0) is 25.1 Å². The highest BCUT2D eigenvalue weighted by Gasteiger charge is 2.25. The van der Waals surface area contributed by atoms with Crippen molar-refractivity contribution in [2.45, 2.75) is 13.8 Å². The average molecular weight is 342 g/mol. The molecule has 0 aliphatic heterocycles. The number of esters is 2. The number of ether oxygens (including phenoxy) is 2. The standard InChI is InChI=1S/C17H14N2O6/c1-9-14(17(22)23-3)13(8-18)16(24-9)19-15(21)11-5-4-6-12(7-11)25-10(2)20/h4-7H,1-3H3,(H,19,21). The molecule has 128 valence electrons. The molecule has 2 aromatic rings. The van der Waals surface area contributed by atoms with E-state index in [9.17, 15) is 19.6 Å². The Bertz CT molecular complexity index is 891. The molecule has 2 rings (SSSR count). The molecule has 25 heavy (non-hydrogen) atoms. The van der Waals surface area contributed by atoms with Crippen molar-refractivity contribution < 1.29 is 28.3 Å². The van der Waals surface area contributed by atoms with Crippen molar-refractivity contribution in [3.05, 3.63) is 46.7 Å². The summed E-state index contributed by atoms with van der Waals surface area (Å²) in [6.07, 6.45) is 0. The van der Waals surface area contributed by atoms with E-state index in [-0.39, 0.29) is 34.1 Å². The number of amides is 1. The highest BCUT2D eigenvalue weighted by molar-refractivity contribution is 6.05. The summed E-state index contributed by atoms with van der Waals surface area (Å²) < 4.78 is 14.8. The molecule has 1 aromatic heterocycles. The van der Waals surface area contributed by atoms with Gasteiger partial charge in [-0.3, -0.25) is 14.9 Å². The van der Waals surface area contributed by atoms with Crippen LogP contribution in [0.25, 0.3) is 0 Å². The number of methoxy groups -OCH3 is 1. The number of aryl methyl sites for hydroxylation is 1. The van der Waals surface area contributed by atoms with Crippen LogP contribution >= 0.6 is 0 Å². The topological polar surface area (TPSA) is 119 Å². The Balaban J connectivity index is 2.31. The van der Waals surface area contributed by atoms with Crippen LogP contribution < -0.4 is 10.1 Å². The summed E-state index contributed by atoms with van der Waals surface area (Å²) in [5.74, 6) is -1.68. The number of anilines is 1. The summed E-state index contributed by atoms with van der Waals surface area (Å²) in [7, 11) is 1.18. The zero-order valence-electron chi connectivity index (χ0n) is 13.7. The van der Waals surface area contributed by atoms with Crippen molar-refractivity contribution in [3.8, 4) is 11.8 Å². The molecule has 0 saturated heterocycles. The number of benzene rings is 1. The van der Waals surface area contributed by atoms with Crippen molar-refractivity contribution >= 4 is 23.7 Å². The SMILES string of the molecule is COC(=O)c1c(C)oc(NC(=O)c2cccc(OC(C)=O)c2)c1C#N. The molecule has 0 saturated carbocycles. The van der Waals surface area contributed by atoms with Crippen LogP contribution in [-0.2, 0) is 9.53 Å². The van der Waals surface area contributed by atoms with Crippen LogP contribution in [0.15, 0.2) is 28.7 Å². The molecule has 1 N–H and O–H groups in total. The molecule has 0 unspecified atom stereocenters. The number of hydrogen-bond donors (Lipinski definition) is 1. The normalized spacial score (nSPS) is 9.84. The molecule has 8 heteroatoms. The fourth-order valence-corrected chi connectivity index (χ4v) is 2.13. The molecule has 0 bridgehead atoms. The lowest BCUT2D eigenvalue weighted by atomic mass is 10.1. The zero-order chi connectivity index (χ0) is 18.6. The Kier molecular flexibility index (Phi) is 5.19. The summed E-state index contributed by atoms with van der Waals surface area (Å²) in [4.78, 5) is 35.1. The number of furan rings is 1. The molecule has 0 fully saturated rings. The van der Waals surface area contributed by atoms with Crippen molar-refractivity contribution in [2.75, 3.05) is 12.4 Å². The van der Waals surface area contributed by atoms with Gasteiger partial charge in [-0.2, -0.15) is 5.26 Å². The first-order chi connectivity index (χ1) is 11.9. The number of nitriles is 1. The summed E-state index contributed by atoms with van der Waals surface area (Å²) in [6.45, 7) is 2.72. The van der Waals surface area contributed by atoms with E-state index in [1.54, 1.807) is 0 Å². The quantitative estimate of drug-likeness (QED) is 0.669. The molecule has 8 nitrogen and oxygen atoms in total. The zero-order valence-corrected chi connectivity index (χ0v) is 13.7. The van der Waals surface area contributed by atoms with E-state index in [1.165, 1.54) is 45.2 Å². The van der Waals surface area contributed by atoms with E-state index in [2.05, 4.69) is 10.1 Å². The molecule has 1 aromatic carbocycles. The van der Waals surface area contributed by atoms with Crippen LogP contribution in [0.1, 0.15) is 39.0 Å². The number of nitrogens with zero attached hydrogens (tertiary/aromatic N) is 1. The third-order valence-electron chi connectivity index (χ3n) is 3.17. The van der Waals surface area contributed by atoms with E-state index in [0.29, 0.717) is 0 Å². The van der Waals surface area contributed by atoms with Gasteiger partial charge in [0.15, 0.2) is 0 Å². The third-order valence-corrected chi connectivity index (χ3v) is 3.17. The first kappa shape index (κ1) is 17.7. The first-order valence-electron chi connectivity index (χ1n) is 7.09. The molecule has 0 radical (unpaired) electrons. The molecule has 1 amide bonds. The van der Waals surface area contributed by atoms with Gasteiger partial charge in [-0.25, -0.2) is 4.79 Å². The van der Waals surface area contributed by atoms with E-state index >= 15 is 0 Å². The minimum atomic E-state index is -0.741. The number of carbonyl (C=O) groups excluding carboxylic acids is 3. The number of hydrogen-bond acceptors (Lipinski definition) is 7. The smallest absolute Gasteiger partial charge is 0.342 e. The fourth-order valence-electron chi connectivity index (χ4n) is 2.13. The van der Waals surface area contributed by atoms with Gasteiger partial charge < -0.3 is 13.9 Å². The predicted octanol–water partition coefficient (Wildman–Crippen LogP) is 2.42. The summed E-state index contributed by atoms with van der Waals surface area (Å²) in [5.41, 5.74) is -0.000819. The van der Waals surface area contributed by atoms with Crippen LogP contribution in [0, 0.1) is 18.3 Å². The molecule has 0 atom stereocenters. The fraction of sp³-hybridized carbons (Fsp3) is 0.176. The summed E-state index contributed by atoms with van der Waals surface area (Å²) in [5, 5.41) is 11.7. The van der Waals surface area contributed by atoms with E-state index in [1.807, 2.05) is 6.07 Å². The first-order valence-corrected chi connectivity index (χ1v) is 7.09. The second-order valence-electron chi connectivity index (χ2n) is 4.92. The number of nitrogens with one attached hydrogen (secondary N) is 1. The maximum atomic E-state index is 12.3. The van der Waals surface area contributed by atoms with Gasteiger partial charge in [0.1, 0.15) is 28.7 Å². The van der Waals surface area contributed by atoms with Crippen molar-refractivity contribution in [2.24, 2.45) is 0 Å². The number of carbonyl (C=O) groups is 3. The predicted molar refractivity (Wildman–Crippen MR) is 85.2 cm³/mol. The van der Waals surface area contributed by atoms with Crippen LogP contribution in [0.5, 0.6) is 5.75 Å². The van der Waals surface area contributed by atoms with Gasteiger partial charge in [0.2, 0.25) is 5.88 Å². The van der Waals surface area contributed by atoms with Crippen LogP contribution in [0.4, 0.5) is 5.88 Å². The van der Waals surface area contributed by atoms with E-state index in [4.69, 9.17) is 9.15 Å². The van der Waals surface area contributed by atoms with Gasteiger partial charge in [0.05, 0.1) is 7.11 Å². The molecular weight excluding hydrogens is 328 g/mol. The maximum absolute atomic E-state index is 12.3. The third kappa shape index (κ3) is 3.84. The van der Waals surface area contributed by atoms with Gasteiger partial charge in [-0.15, -0.1) is 0 Å². The van der Waals surface area contributed by atoms with E-state index in [0.717, 1.165) is 0 Å². The van der Waals surface area contributed by atoms with Gasteiger partial charge >= 0.3 is 11.9 Å². The second kappa shape index (κ2) is 7.31. The van der Waals surface area contributed by atoms with Gasteiger partial charge in [0, 0.05) is 12.5 Å². The summed E-state index contributed by atoms with van der Waals surface area (Å²) in [6, 6.07) is 7.72. The van der Waals surface area contributed by atoms with Crippen molar-refractivity contribution in [1.82, 2.24) is 0 Å². The van der Waals surface area contributed by atoms with Gasteiger partial charge in [0.25, 0.3) is 5.91 Å². The molecule has 0 aliphatic rings. The lowest BCUT2D eigenvalue weighted by molar-refractivity contribution is -0.131. The highest BCUT2D eigenvalue weighted by atomic mass is 16.5. The molecule has 1 heterocycles.